The summed E-state index contributed by atoms with van der Waals surface area (Å²) < 4.78 is 5.66. The summed E-state index contributed by atoms with van der Waals surface area (Å²) in [6.07, 6.45) is 4.98. The quantitative estimate of drug-likeness (QED) is 0.455. The number of likely N-dealkylation sites (tertiary alicyclic amines) is 1. The van der Waals surface area contributed by atoms with E-state index >= 15 is 0 Å². The van der Waals surface area contributed by atoms with Gasteiger partial charge in [-0.15, -0.1) is 0 Å². The number of fused-ring (bicyclic) bond motifs is 5. The molecule has 1 aromatic carbocycles. The summed E-state index contributed by atoms with van der Waals surface area (Å²) in [5.41, 5.74) is 1.32. The van der Waals surface area contributed by atoms with Crippen LogP contribution in [0.4, 0.5) is 0 Å². The number of imide groups is 1. The second-order valence-corrected chi connectivity index (χ2v) is 9.24. The van der Waals surface area contributed by atoms with Crippen LogP contribution in [0, 0.1) is 23.7 Å². The zero-order chi connectivity index (χ0) is 20.8. The Morgan fingerprint density at radius 3 is 2.21 bits per heavy atom. The molecule has 154 valence electrons. The van der Waals surface area contributed by atoms with Gasteiger partial charge in [-0.1, -0.05) is 45.1 Å². The van der Waals surface area contributed by atoms with Crippen LogP contribution in [-0.4, -0.2) is 42.3 Å². The number of benzene rings is 1. The zero-order valence-electron chi connectivity index (χ0n) is 17.2. The van der Waals surface area contributed by atoms with Crippen molar-refractivity contribution >= 4 is 17.7 Å². The predicted octanol–water partition coefficient (Wildman–Crippen LogP) is 2.29. The van der Waals surface area contributed by atoms with Gasteiger partial charge in [0.1, 0.15) is 18.9 Å². The Bertz CT molecular complexity index is 823. The topological polar surface area (TPSA) is 75.7 Å². The number of amides is 3. The molecule has 4 rings (SSSR count). The predicted molar refractivity (Wildman–Crippen MR) is 108 cm³/mol. The smallest absolute Gasteiger partial charge is 0.240 e. The number of hydrogen-bond acceptors (Lipinski definition) is 4. The molecule has 1 aliphatic heterocycles. The monoisotopic (exact) mass is 396 g/mol. The summed E-state index contributed by atoms with van der Waals surface area (Å²) in [4.78, 5) is 38.6. The first-order valence-corrected chi connectivity index (χ1v) is 10.3. The Morgan fingerprint density at radius 2 is 1.66 bits per heavy atom. The van der Waals surface area contributed by atoms with Crippen LogP contribution in [0.15, 0.2) is 36.4 Å². The average molecular weight is 396 g/mol. The van der Waals surface area contributed by atoms with Crippen LogP contribution in [0.1, 0.15) is 32.8 Å². The van der Waals surface area contributed by atoms with Gasteiger partial charge in [0.2, 0.25) is 17.7 Å². The number of ether oxygens (including phenoxy) is 1. The number of carbonyl (C=O) groups is 3. The largest absolute Gasteiger partial charge is 0.492 e. The fraction of sp³-hybridized carbons (Fsp3) is 0.522. The number of allylic oxidation sites excluding steroid dienone is 2. The highest BCUT2D eigenvalue weighted by Crippen LogP contribution is 2.52. The van der Waals surface area contributed by atoms with E-state index in [0.717, 1.165) is 17.1 Å². The normalized spacial score (nSPS) is 27.5. The minimum Gasteiger partial charge on any atom is -0.492 e. The van der Waals surface area contributed by atoms with Crippen LogP contribution in [-0.2, 0) is 19.8 Å². The van der Waals surface area contributed by atoms with Crippen LogP contribution in [0.2, 0.25) is 0 Å². The molecule has 3 aliphatic rings. The van der Waals surface area contributed by atoms with Crippen molar-refractivity contribution in [2.45, 2.75) is 32.6 Å². The molecule has 1 N–H and O–H groups in total. The second kappa shape index (κ2) is 7.32. The van der Waals surface area contributed by atoms with Crippen molar-refractivity contribution in [2.75, 3.05) is 19.7 Å². The van der Waals surface area contributed by atoms with E-state index in [1.165, 1.54) is 5.56 Å². The van der Waals surface area contributed by atoms with E-state index < -0.39 is 0 Å². The van der Waals surface area contributed by atoms with Gasteiger partial charge in [-0.2, -0.15) is 0 Å². The first-order valence-electron chi connectivity index (χ1n) is 10.3. The van der Waals surface area contributed by atoms with Gasteiger partial charge in [0, 0.05) is 0 Å². The molecule has 2 bridgehead atoms. The van der Waals surface area contributed by atoms with Crippen LogP contribution < -0.4 is 10.1 Å². The Balaban J connectivity index is 1.22. The lowest BCUT2D eigenvalue weighted by atomic mass is 9.85. The molecule has 4 unspecified atom stereocenters. The molecular weight excluding hydrogens is 368 g/mol. The molecule has 29 heavy (non-hydrogen) atoms. The highest BCUT2D eigenvalue weighted by molar-refractivity contribution is 6.08. The molecule has 1 heterocycles. The molecule has 0 aromatic heterocycles. The van der Waals surface area contributed by atoms with Gasteiger partial charge in [-0.25, -0.2) is 0 Å². The molecular formula is C23H28N2O4. The molecule has 1 aromatic rings. The van der Waals surface area contributed by atoms with Gasteiger partial charge >= 0.3 is 0 Å². The summed E-state index contributed by atoms with van der Waals surface area (Å²) in [5, 5.41) is 2.73. The van der Waals surface area contributed by atoms with E-state index in [-0.39, 0.29) is 53.4 Å². The number of nitrogens with one attached hydrogen (secondary N) is 1. The van der Waals surface area contributed by atoms with E-state index in [2.05, 4.69) is 26.1 Å². The summed E-state index contributed by atoms with van der Waals surface area (Å²) in [6.45, 7) is 6.90. The molecule has 2 aliphatic carbocycles. The summed E-state index contributed by atoms with van der Waals surface area (Å²) in [7, 11) is 0. The van der Waals surface area contributed by atoms with Gasteiger partial charge in [0.05, 0.1) is 18.4 Å². The summed E-state index contributed by atoms with van der Waals surface area (Å²) in [5.74, 6) is -0.175. The van der Waals surface area contributed by atoms with Crippen molar-refractivity contribution in [3.8, 4) is 5.75 Å². The lowest BCUT2D eigenvalue weighted by molar-refractivity contribution is -0.144. The third-order valence-corrected chi connectivity index (χ3v) is 6.28. The zero-order valence-corrected chi connectivity index (χ0v) is 17.2. The van der Waals surface area contributed by atoms with E-state index in [4.69, 9.17) is 4.74 Å². The molecule has 2 fully saturated rings. The Kier molecular flexibility index (Phi) is 4.97. The standard InChI is InChI=1S/C23H28N2O4/c1-23(2,3)16-6-8-17(9-7-16)29-11-10-24-18(26)13-25-21(27)19-14-4-5-15(12-14)20(19)22(25)28/h4-9,14-15,19-20H,10-13H2,1-3H3,(H,24,26). The van der Waals surface area contributed by atoms with Gasteiger partial charge in [-0.05, 0) is 41.4 Å². The molecule has 3 amide bonds. The first-order chi connectivity index (χ1) is 13.8. The highest BCUT2D eigenvalue weighted by atomic mass is 16.5. The molecule has 1 saturated carbocycles. The second-order valence-electron chi connectivity index (χ2n) is 9.24. The van der Waals surface area contributed by atoms with Crippen molar-refractivity contribution in [2.24, 2.45) is 23.7 Å². The van der Waals surface area contributed by atoms with E-state index in [0.29, 0.717) is 13.2 Å². The van der Waals surface area contributed by atoms with Crippen molar-refractivity contribution in [1.29, 1.82) is 0 Å². The molecule has 6 nitrogen and oxygen atoms in total. The SMILES string of the molecule is CC(C)(C)c1ccc(OCCNC(=O)CN2C(=O)C3C4C=CC(C4)C3C2=O)cc1. The van der Waals surface area contributed by atoms with Crippen molar-refractivity contribution < 1.29 is 19.1 Å². The van der Waals surface area contributed by atoms with Crippen LogP contribution in [0.3, 0.4) is 0 Å². The van der Waals surface area contributed by atoms with Gasteiger partial charge in [-0.3, -0.25) is 19.3 Å². The lowest BCUT2D eigenvalue weighted by Crippen LogP contribution is -2.42. The van der Waals surface area contributed by atoms with Crippen molar-refractivity contribution in [3.63, 3.8) is 0 Å². The summed E-state index contributed by atoms with van der Waals surface area (Å²) >= 11 is 0. The molecule has 0 spiro atoms. The van der Waals surface area contributed by atoms with E-state index in [1.807, 2.05) is 36.4 Å². The molecule has 1 saturated heterocycles. The fourth-order valence-corrected chi connectivity index (χ4v) is 4.73. The maximum absolute atomic E-state index is 12.6. The van der Waals surface area contributed by atoms with Gasteiger partial charge in [0.25, 0.3) is 0 Å². The van der Waals surface area contributed by atoms with E-state index in [1.54, 1.807) is 0 Å². The number of rotatable bonds is 6. The Labute approximate surface area is 171 Å². The number of carbonyl (C=O) groups excluding carboxylic acids is 3. The maximum Gasteiger partial charge on any atom is 0.240 e. The minimum atomic E-state index is -0.335. The third kappa shape index (κ3) is 3.68. The number of hydrogen-bond donors (Lipinski definition) is 1. The lowest BCUT2D eigenvalue weighted by Gasteiger charge is -2.19. The number of nitrogens with zero attached hydrogens (tertiary/aromatic N) is 1. The average Bonchev–Trinajstić information content (AvgIpc) is 3.35. The molecule has 4 atom stereocenters. The first kappa shape index (κ1) is 19.7. The Hall–Kier alpha value is -2.63. The van der Waals surface area contributed by atoms with Crippen LogP contribution >= 0.6 is 0 Å². The fourth-order valence-electron chi connectivity index (χ4n) is 4.73. The Morgan fingerprint density at radius 1 is 1.07 bits per heavy atom. The molecule has 6 heteroatoms. The minimum absolute atomic E-state index is 0.0883. The molecule has 0 radical (unpaired) electrons. The van der Waals surface area contributed by atoms with E-state index in [9.17, 15) is 14.4 Å². The summed E-state index contributed by atoms with van der Waals surface area (Å²) in [6, 6.07) is 7.92. The van der Waals surface area contributed by atoms with Crippen molar-refractivity contribution in [3.05, 3.63) is 42.0 Å². The van der Waals surface area contributed by atoms with Gasteiger partial charge < -0.3 is 10.1 Å². The highest BCUT2D eigenvalue weighted by Gasteiger charge is 2.59. The van der Waals surface area contributed by atoms with Gasteiger partial charge in [0.15, 0.2) is 0 Å². The third-order valence-electron chi connectivity index (χ3n) is 6.28. The van der Waals surface area contributed by atoms with Crippen molar-refractivity contribution in [1.82, 2.24) is 10.2 Å². The maximum atomic E-state index is 12.6. The van der Waals surface area contributed by atoms with Crippen LogP contribution in [0.5, 0.6) is 5.75 Å². The van der Waals surface area contributed by atoms with Crippen LogP contribution in [0.25, 0.3) is 0 Å².